The van der Waals surface area contributed by atoms with Gasteiger partial charge in [-0.3, -0.25) is 0 Å². The fourth-order valence-electron chi connectivity index (χ4n) is 4.29. The molecule has 0 amide bonds. The smallest absolute Gasteiger partial charge is 0.427 e. The lowest BCUT2D eigenvalue weighted by molar-refractivity contribution is -0.305. The van der Waals surface area contributed by atoms with Crippen LogP contribution in [0.25, 0.3) is 11.1 Å². The Bertz CT molecular complexity index is 884. The fraction of sp³-hybridized carbons (Fsp3) is 0.500. The molecule has 0 bridgehead atoms. The Kier molecular flexibility index (Phi) is 7.40. The van der Waals surface area contributed by atoms with Gasteiger partial charge >= 0.3 is 12.3 Å². The predicted octanol–water partition coefficient (Wildman–Crippen LogP) is 8.44. The van der Waals surface area contributed by atoms with E-state index in [1.54, 1.807) is 12.1 Å². The number of alkyl halides is 6. The Labute approximate surface area is 182 Å². The first kappa shape index (κ1) is 24.4. The predicted molar refractivity (Wildman–Crippen MR) is 108 cm³/mol. The number of halogens is 7. The zero-order valence-electron chi connectivity index (χ0n) is 17.6. The van der Waals surface area contributed by atoms with E-state index in [1.807, 2.05) is 12.1 Å². The average molecular weight is 462 g/mol. The number of benzene rings is 2. The number of hydrogen-bond donors (Lipinski definition) is 0. The van der Waals surface area contributed by atoms with Gasteiger partial charge in [-0.25, -0.2) is 8.78 Å². The maximum atomic E-state index is 14.2. The number of hydrogen-bond acceptors (Lipinski definition) is 1. The van der Waals surface area contributed by atoms with Crippen LogP contribution in [0.1, 0.15) is 56.9 Å². The zero-order chi connectivity index (χ0) is 23.5. The molecule has 0 radical (unpaired) electrons. The minimum atomic E-state index is -5.84. The van der Waals surface area contributed by atoms with Gasteiger partial charge in [0.05, 0.1) is 0 Å². The first-order valence-corrected chi connectivity index (χ1v) is 10.7. The van der Waals surface area contributed by atoms with Crippen LogP contribution < -0.4 is 4.74 Å². The molecular weight excluding hydrogens is 437 g/mol. The highest BCUT2D eigenvalue weighted by Gasteiger charge is 2.59. The van der Waals surface area contributed by atoms with E-state index in [-0.39, 0.29) is 0 Å². The average Bonchev–Trinajstić information content (AvgIpc) is 2.75. The third kappa shape index (κ3) is 5.75. The summed E-state index contributed by atoms with van der Waals surface area (Å²) in [7, 11) is 0. The molecule has 0 heterocycles. The Balaban J connectivity index is 1.68. The molecule has 1 saturated carbocycles. The van der Waals surface area contributed by atoms with Crippen molar-refractivity contribution in [2.45, 2.75) is 69.8 Å². The van der Waals surface area contributed by atoms with Crippen molar-refractivity contribution in [2.75, 3.05) is 0 Å². The second-order valence-electron chi connectivity index (χ2n) is 8.34. The summed E-state index contributed by atoms with van der Waals surface area (Å²) in [4.78, 5) is 0. The van der Waals surface area contributed by atoms with Crippen molar-refractivity contribution in [3.63, 3.8) is 0 Å². The molecule has 1 aliphatic rings. The molecule has 2 aromatic rings. The lowest BCUT2D eigenvalue weighted by Gasteiger charge is -2.28. The normalized spacial score (nSPS) is 20.8. The van der Waals surface area contributed by atoms with Crippen LogP contribution in [0.3, 0.4) is 0 Å². The molecule has 1 aliphatic carbocycles. The fourth-order valence-corrected chi connectivity index (χ4v) is 4.29. The van der Waals surface area contributed by atoms with E-state index >= 15 is 0 Å². The van der Waals surface area contributed by atoms with Gasteiger partial charge < -0.3 is 4.74 Å². The maximum Gasteiger partial charge on any atom is 0.439 e. The Morgan fingerprint density at radius 1 is 0.906 bits per heavy atom. The van der Waals surface area contributed by atoms with E-state index in [0.29, 0.717) is 17.0 Å². The molecule has 0 N–H and O–H groups in total. The summed E-state index contributed by atoms with van der Waals surface area (Å²) < 4.78 is 94.4. The molecule has 0 spiro atoms. The van der Waals surface area contributed by atoms with Gasteiger partial charge in [0.1, 0.15) is 0 Å². The van der Waals surface area contributed by atoms with Crippen molar-refractivity contribution in [2.24, 2.45) is 5.92 Å². The highest BCUT2D eigenvalue weighted by atomic mass is 19.4. The molecule has 176 valence electrons. The van der Waals surface area contributed by atoms with Crippen LogP contribution in [-0.2, 0) is 0 Å². The molecule has 1 nitrogen and oxygen atoms in total. The summed E-state index contributed by atoms with van der Waals surface area (Å²) in [6, 6.07) is 10.4. The molecule has 0 saturated heterocycles. The van der Waals surface area contributed by atoms with Gasteiger partial charge in [0, 0.05) is 0 Å². The van der Waals surface area contributed by atoms with Crippen LogP contribution in [0.2, 0.25) is 0 Å². The molecular formula is C24H25F7O. The standard InChI is InChI=1S/C24H25F7O/c1-2-3-15-4-6-16(7-5-15)17-8-10-18(11-9-17)19-12-13-21(20(25)14-19)32-24(30,31)22(26)23(27,28)29/h8-16,22H,2-7H2,1H3. The van der Waals surface area contributed by atoms with Crippen LogP contribution in [0.4, 0.5) is 30.7 Å². The lowest BCUT2D eigenvalue weighted by Crippen LogP contribution is -2.45. The van der Waals surface area contributed by atoms with E-state index < -0.39 is 30.0 Å². The minimum absolute atomic E-state index is 0.337. The summed E-state index contributed by atoms with van der Waals surface area (Å²) in [5.74, 6) is -1.22. The Morgan fingerprint density at radius 3 is 2.03 bits per heavy atom. The van der Waals surface area contributed by atoms with Gasteiger partial charge in [0.2, 0.25) is 0 Å². The third-order valence-electron chi connectivity index (χ3n) is 6.02. The first-order valence-electron chi connectivity index (χ1n) is 10.7. The van der Waals surface area contributed by atoms with E-state index in [2.05, 4.69) is 11.7 Å². The van der Waals surface area contributed by atoms with Crippen LogP contribution >= 0.6 is 0 Å². The van der Waals surface area contributed by atoms with Gasteiger partial charge in [0.15, 0.2) is 11.6 Å². The summed E-state index contributed by atoms with van der Waals surface area (Å²) in [6.07, 6.45) is -8.58. The zero-order valence-corrected chi connectivity index (χ0v) is 17.6. The highest BCUT2D eigenvalue weighted by molar-refractivity contribution is 5.64. The second kappa shape index (κ2) is 9.71. The summed E-state index contributed by atoms with van der Waals surface area (Å²) >= 11 is 0. The van der Waals surface area contributed by atoms with Crippen LogP contribution in [0.5, 0.6) is 5.75 Å². The van der Waals surface area contributed by atoms with Crippen molar-refractivity contribution in [1.82, 2.24) is 0 Å². The molecule has 0 aliphatic heterocycles. The molecule has 8 heteroatoms. The summed E-state index contributed by atoms with van der Waals surface area (Å²) in [6.45, 7) is 2.19. The molecule has 1 unspecified atom stereocenters. The number of ether oxygens (including phenoxy) is 1. The van der Waals surface area contributed by atoms with Gasteiger partial charge in [-0.1, -0.05) is 50.1 Å². The minimum Gasteiger partial charge on any atom is -0.427 e. The summed E-state index contributed by atoms with van der Waals surface area (Å²) in [5, 5.41) is 0. The molecule has 1 fully saturated rings. The Hall–Kier alpha value is -2.25. The topological polar surface area (TPSA) is 9.23 Å². The van der Waals surface area contributed by atoms with Crippen LogP contribution in [0.15, 0.2) is 42.5 Å². The molecule has 0 aromatic heterocycles. The van der Waals surface area contributed by atoms with Crippen molar-refractivity contribution in [3.8, 4) is 16.9 Å². The van der Waals surface area contributed by atoms with Gasteiger partial charge in [-0.05, 0) is 66.3 Å². The van der Waals surface area contributed by atoms with Crippen LogP contribution in [-0.4, -0.2) is 18.5 Å². The highest BCUT2D eigenvalue weighted by Crippen LogP contribution is 2.39. The third-order valence-corrected chi connectivity index (χ3v) is 6.02. The summed E-state index contributed by atoms with van der Waals surface area (Å²) in [5.41, 5.74) is 2.14. The van der Waals surface area contributed by atoms with Crippen molar-refractivity contribution in [1.29, 1.82) is 0 Å². The van der Waals surface area contributed by atoms with E-state index in [4.69, 9.17) is 0 Å². The van der Waals surface area contributed by atoms with Gasteiger partial charge in [-0.2, -0.15) is 22.0 Å². The molecule has 32 heavy (non-hydrogen) atoms. The molecule has 1 atom stereocenters. The Morgan fingerprint density at radius 2 is 1.50 bits per heavy atom. The number of rotatable bonds is 7. The van der Waals surface area contributed by atoms with E-state index in [0.717, 1.165) is 30.9 Å². The largest absolute Gasteiger partial charge is 0.439 e. The second-order valence-corrected chi connectivity index (χ2v) is 8.34. The van der Waals surface area contributed by atoms with Crippen molar-refractivity contribution >= 4 is 0 Å². The SMILES string of the molecule is CCCC1CCC(c2ccc(-c3ccc(OC(F)(F)C(F)C(F)(F)F)c(F)c3)cc2)CC1. The molecule has 2 aromatic carbocycles. The van der Waals surface area contributed by atoms with Crippen molar-refractivity contribution < 1.29 is 35.5 Å². The lowest BCUT2D eigenvalue weighted by atomic mass is 9.77. The van der Waals surface area contributed by atoms with Crippen LogP contribution in [0, 0.1) is 11.7 Å². The van der Waals surface area contributed by atoms with E-state index in [9.17, 15) is 30.7 Å². The molecule has 3 rings (SSSR count). The quantitative estimate of drug-likeness (QED) is 0.375. The van der Waals surface area contributed by atoms with E-state index in [1.165, 1.54) is 37.3 Å². The van der Waals surface area contributed by atoms with Crippen molar-refractivity contribution in [3.05, 3.63) is 53.8 Å². The van der Waals surface area contributed by atoms with Gasteiger partial charge in [0.25, 0.3) is 6.17 Å². The first-order chi connectivity index (χ1) is 15.0. The maximum absolute atomic E-state index is 14.2. The monoisotopic (exact) mass is 462 g/mol. The van der Waals surface area contributed by atoms with Gasteiger partial charge in [-0.15, -0.1) is 0 Å².